The van der Waals surface area contributed by atoms with E-state index in [4.69, 9.17) is 4.74 Å². The van der Waals surface area contributed by atoms with Crippen LogP contribution in [0.4, 0.5) is 0 Å². The summed E-state index contributed by atoms with van der Waals surface area (Å²) in [6.07, 6.45) is 1.60. The van der Waals surface area contributed by atoms with Gasteiger partial charge in [-0.05, 0) is 13.8 Å². The van der Waals surface area contributed by atoms with E-state index in [1.165, 1.54) is 0 Å². The van der Waals surface area contributed by atoms with Crippen molar-refractivity contribution < 1.29 is 9.53 Å². The number of amides is 1. The number of rotatable bonds is 2. The molecule has 6 nitrogen and oxygen atoms in total. The summed E-state index contributed by atoms with van der Waals surface area (Å²) in [5.41, 5.74) is 2.99. The monoisotopic (exact) mass is 246 g/mol. The van der Waals surface area contributed by atoms with Crippen LogP contribution in [0.25, 0.3) is 5.65 Å². The highest BCUT2D eigenvalue weighted by Gasteiger charge is 2.22. The molecule has 18 heavy (non-hydrogen) atoms. The van der Waals surface area contributed by atoms with Gasteiger partial charge in [-0.2, -0.15) is 5.10 Å². The molecule has 6 heteroatoms. The zero-order valence-electron chi connectivity index (χ0n) is 10.3. The smallest absolute Gasteiger partial charge is 0.255 e. The lowest BCUT2D eigenvalue weighted by molar-refractivity contribution is -0.00349. The molecule has 1 amide bonds. The van der Waals surface area contributed by atoms with Crippen molar-refractivity contribution in [2.24, 2.45) is 0 Å². The summed E-state index contributed by atoms with van der Waals surface area (Å²) in [7, 11) is 0. The zero-order valence-corrected chi connectivity index (χ0v) is 10.3. The second-order valence-corrected chi connectivity index (χ2v) is 4.52. The summed E-state index contributed by atoms with van der Waals surface area (Å²) >= 11 is 0. The van der Waals surface area contributed by atoms with Crippen molar-refractivity contribution in [3.63, 3.8) is 0 Å². The van der Waals surface area contributed by atoms with Crippen molar-refractivity contribution in [2.45, 2.75) is 19.9 Å². The molecule has 3 heterocycles. The molecule has 0 unspecified atom stereocenters. The van der Waals surface area contributed by atoms with Crippen LogP contribution in [0.5, 0.6) is 0 Å². The average molecular weight is 246 g/mol. The molecule has 0 aromatic carbocycles. The fourth-order valence-corrected chi connectivity index (χ4v) is 1.97. The van der Waals surface area contributed by atoms with Crippen molar-refractivity contribution in [1.82, 2.24) is 19.9 Å². The van der Waals surface area contributed by atoms with Gasteiger partial charge in [0, 0.05) is 12.3 Å². The summed E-state index contributed by atoms with van der Waals surface area (Å²) in [4.78, 5) is 16.3. The summed E-state index contributed by atoms with van der Waals surface area (Å²) < 4.78 is 6.72. The van der Waals surface area contributed by atoms with Gasteiger partial charge in [-0.1, -0.05) is 0 Å². The fraction of sp³-hybridized carbons (Fsp3) is 0.417. The van der Waals surface area contributed by atoms with Gasteiger partial charge in [-0.25, -0.2) is 9.50 Å². The van der Waals surface area contributed by atoms with E-state index in [-0.39, 0.29) is 11.9 Å². The Hall–Kier alpha value is -1.95. The Morgan fingerprint density at radius 1 is 1.50 bits per heavy atom. The van der Waals surface area contributed by atoms with E-state index in [1.54, 1.807) is 10.7 Å². The summed E-state index contributed by atoms with van der Waals surface area (Å²) in [5, 5.41) is 7.22. The fourth-order valence-electron chi connectivity index (χ4n) is 1.97. The Balaban J connectivity index is 1.95. The molecule has 1 aliphatic rings. The van der Waals surface area contributed by atoms with Crippen LogP contribution in [0.15, 0.2) is 12.3 Å². The standard InChI is InChI=1S/C12H14N4O2/c1-7-3-11-13-4-10(8(2)16(11)15-7)12(17)14-9-5-18-6-9/h3-4,9H,5-6H2,1-2H3,(H,14,17). The molecule has 1 N–H and O–H groups in total. The third kappa shape index (κ3) is 1.74. The first kappa shape index (κ1) is 11.2. The highest BCUT2D eigenvalue weighted by Crippen LogP contribution is 2.11. The number of hydrogen-bond donors (Lipinski definition) is 1. The van der Waals surface area contributed by atoms with Crippen LogP contribution in [0, 0.1) is 13.8 Å². The largest absolute Gasteiger partial charge is 0.377 e. The van der Waals surface area contributed by atoms with Crippen LogP contribution in [-0.2, 0) is 4.74 Å². The minimum Gasteiger partial charge on any atom is -0.377 e. The molecular formula is C12H14N4O2. The maximum absolute atomic E-state index is 12.1. The van der Waals surface area contributed by atoms with Gasteiger partial charge in [-0.15, -0.1) is 0 Å². The second kappa shape index (κ2) is 4.06. The minimum absolute atomic E-state index is 0.118. The van der Waals surface area contributed by atoms with Crippen molar-refractivity contribution in [2.75, 3.05) is 13.2 Å². The highest BCUT2D eigenvalue weighted by atomic mass is 16.5. The number of nitrogens with one attached hydrogen (secondary N) is 1. The number of fused-ring (bicyclic) bond motifs is 1. The molecule has 1 aliphatic heterocycles. The van der Waals surface area contributed by atoms with E-state index < -0.39 is 0 Å². The molecule has 94 valence electrons. The summed E-state index contributed by atoms with van der Waals surface area (Å²) in [6.45, 7) is 4.94. The molecule has 1 fully saturated rings. The van der Waals surface area contributed by atoms with E-state index in [0.29, 0.717) is 18.8 Å². The normalized spacial score (nSPS) is 15.7. The second-order valence-electron chi connectivity index (χ2n) is 4.52. The van der Waals surface area contributed by atoms with Gasteiger partial charge in [0.1, 0.15) is 0 Å². The number of nitrogens with zero attached hydrogens (tertiary/aromatic N) is 3. The van der Waals surface area contributed by atoms with Gasteiger partial charge in [0.05, 0.1) is 36.2 Å². The first-order chi connectivity index (χ1) is 8.65. The Morgan fingerprint density at radius 2 is 2.28 bits per heavy atom. The Morgan fingerprint density at radius 3 is 2.94 bits per heavy atom. The molecule has 0 radical (unpaired) electrons. The van der Waals surface area contributed by atoms with Crippen LogP contribution in [-0.4, -0.2) is 39.8 Å². The van der Waals surface area contributed by atoms with E-state index in [9.17, 15) is 4.79 Å². The van der Waals surface area contributed by atoms with Crippen molar-refractivity contribution in [3.05, 3.63) is 29.2 Å². The van der Waals surface area contributed by atoms with Gasteiger partial charge < -0.3 is 10.1 Å². The molecule has 0 bridgehead atoms. The van der Waals surface area contributed by atoms with Crippen LogP contribution >= 0.6 is 0 Å². The van der Waals surface area contributed by atoms with E-state index in [1.807, 2.05) is 19.9 Å². The van der Waals surface area contributed by atoms with Crippen LogP contribution in [0.1, 0.15) is 21.7 Å². The quantitative estimate of drug-likeness (QED) is 0.836. The maximum Gasteiger partial charge on any atom is 0.255 e. The number of aromatic nitrogens is 3. The molecule has 0 aliphatic carbocycles. The predicted octanol–water partition coefficient (Wildman–Crippen LogP) is 0.475. The lowest BCUT2D eigenvalue weighted by Crippen LogP contribution is -2.48. The minimum atomic E-state index is -0.122. The van der Waals surface area contributed by atoms with E-state index >= 15 is 0 Å². The van der Waals surface area contributed by atoms with Gasteiger partial charge >= 0.3 is 0 Å². The van der Waals surface area contributed by atoms with E-state index in [0.717, 1.165) is 17.0 Å². The first-order valence-electron chi connectivity index (χ1n) is 5.86. The van der Waals surface area contributed by atoms with Crippen molar-refractivity contribution in [3.8, 4) is 0 Å². The Labute approximate surface area is 104 Å². The molecule has 0 spiro atoms. The van der Waals surface area contributed by atoms with Gasteiger partial charge in [0.15, 0.2) is 5.65 Å². The third-order valence-electron chi connectivity index (χ3n) is 3.06. The lowest BCUT2D eigenvalue weighted by Gasteiger charge is -2.26. The topological polar surface area (TPSA) is 68.5 Å². The SMILES string of the molecule is Cc1cc2ncc(C(=O)NC3COC3)c(C)n2n1. The number of carbonyl (C=O) groups excluding carboxylic acids is 1. The first-order valence-corrected chi connectivity index (χ1v) is 5.86. The Bertz CT molecular complexity index is 616. The van der Waals surface area contributed by atoms with Crippen molar-refractivity contribution >= 4 is 11.6 Å². The van der Waals surface area contributed by atoms with Gasteiger partial charge in [0.25, 0.3) is 5.91 Å². The molecule has 1 saturated heterocycles. The van der Waals surface area contributed by atoms with Crippen LogP contribution in [0.3, 0.4) is 0 Å². The number of carbonyl (C=O) groups is 1. The molecule has 2 aromatic rings. The molecular weight excluding hydrogens is 232 g/mol. The van der Waals surface area contributed by atoms with Crippen LogP contribution < -0.4 is 5.32 Å². The molecule has 3 rings (SSSR count). The Kier molecular flexibility index (Phi) is 2.52. The molecule has 2 aromatic heterocycles. The van der Waals surface area contributed by atoms with Gasteiger partial charge in [0.2, 0.25) is 0 Å². The average Bonchev–Trinajstić information content (AvgIpc) is 2.65. The van der Waals surface area contributed by atoms with Crippen LogP contribution in [0.2, 0.25) is 0 Å². The van der Waals surface area contributed by atoms with Crippen molar-refractivity contribution in [1.29, 1.82) is 0 Å². The number of hydrogen-bond acceptors (Lipinski definition) is 4. The predicted molar refractivity (Wildman–Crippen MR) is 64.5 cm³/mol. The lowest BCUT2D eigenvalue weighted by atomic mass is 10.2. The van der Waals surface area contributed by atoms with Gasteiger partial charge in [-0.3, -0.25) is 4.79 Å². The third-order valence-corrected chi connectivity index (χ3v) is 3.06. The number of ether oxygens (including phenoxy) is 1. The molecule has 0 saturated carbocycles. The summed E-state index contributed by atoms with van der Waals surface area (Å²) in [6, 6.07) is 2.00. The number of aryl methyl sites for hydroxylation is 2. The zero-order chi connectivity index (χ0) is 12.7. The maximum atomic E-state index is 12.1. The van der Waals surface area contributed by atoms with E-state index in [2.05, 4.69) is 15.4 Å². The summed E-state index contributed by atoms with van der Waals surface area (Å²) in [5.74, 6) is -0.122. The highest BCUT2D eigenvalue weighted by molar-refractivity contribution is 5.95. The molecule has 0 atom stereocenters.